The molecule has 2 aliphatic heterocycles. The van der Waals surface area contributed by atoms with Crippen LogP contribution in [0.5, 0.6) is 0 Å². The molecular weight excluding hydrogens is 302 g/mol. The van der Waals surface area contributed by atoms with Gasteiger partial charge >= 0.3 is 0 Å². The average Bonchev–Trinajstić information content (AvgIpc) is 3.32. The lowest BCUT2D eigenvalue weighted by Crippen LogP contribution is -2.63. The minimum atomic E-state index is -0.138. The lowest BCUT2D eigenvalue weighted by atomic mass is 9.96. The maximum Gasteiger partial charge on any atom is 0.237 e. The number of amides is 2. The maximum absolute atomic E-state index is 12.9. The van der Waals surface area contributed by atoms with Crippen LogP contribution in [-0.2, 0) is 9.59 Å². The Kier molecular flexibility index (Phi) is 4.92. The van der Waals surface area contributed by atoms with Gasteiger partial charge in [0.2, 0.25) is 11.8 Å². The second kappa shape index (κ2) is 6.66. The molecule has 3 rings (SSSR count). The van der Waals surface area contributed by atoms with Gasteiger partial charge in [-0.1, -0.05) is 0 Å². The third-order valence-electron chi connectivity index (χ3n) is 6.12. The smallest absolute Gasteiger partial charge is 0.237 e. The van der Waals surface area contributed by atoms with Crippen LogP contribution in [0.2, 0.25) is 0 Å². The highest BCUT2D eigenvalue weighted by Crippen LogP contribution is 2.33. The quantitative estimate of drug-likeness (QED) is 0.793. The number of nitrogens with zero attached hydrogens (tertiary/aromatic N) is 3. The van der Waals surface area contributed by atoms with E-state index in [0.717, 1.165) is 45.3 Å². The Morgan fingerprint density at radius 3 is 2.17 bits per heavy atom. The summed E-state index contributed by atoms with van der Waals surface area (Å²) in [6, 6.07) is 0.698. The Morgan fingerprint density at radius 1 is 1.00 bits per heavy atom. The first kappa shape index (κ1) is 17.7. The third kappa shape index (κ3) is 3.61. The fraction of sp³-hybridized carbons (Fsp3) is 0.895. The Bertz CT molecular complexity index is 491. The number of piperazine rings is 1. The number of carbonyl (C=O) groups excluding carboxylic acids is 2. The lowest BCUT2D eigenvalue weighted by Gasteiger charge is -2.48. The molecule has 0 bridgehead atoms. The van der Waals surface area contributed by atoms with E-state index in [9.17, 15) is 9.59 Å². The second-order valence-corrected chi connectivity index (χ2v) is 8.70. The largest absolute Gasteiger partial charge is 0.339 e. The van der Waals surface area contributed by atoms with Crippen molar-refractivity contribution < 1.29 is 9.59 Å². The topological polar surface area (TPSA) is 43.9 Å². The van der Waals surface area contributed by atoms with Gasteiger partial charge in [-0.2, -0.15) is 0 Å². The van der Waals surface area contributed by atoms with Crippen LogP contribution in [0.15, 0.2) is 0 Å². The number of piperidine rings is 1. The molecule has 1 saturated carbocycles. The monoisotopic (exact) mass is 335 g/mol. The van der Waals surface area contributed by atoms with E-state index >= 15 is 0 Å². The lowest BCUT2D eigenvalue weighted by molar-refractivity contribution is -0.144. The highest BCUT2D eigenvalue weighted by molar-refractivity contribution is 5.81. The van der Waals surface area contributed by atoms with Gasteiger partial charge in [0, 0.05) is 43.2 Å². The molecule has 5 nitrogen and oxygen atoms in total. The van der Waals surface area contributed by atoms with E-state index < -0.39 is 0 Å². The van der Waals surface area contributed by atoms with Gasteiger partial charge in [0.25, 0.3) is 0 Å². The van der Waals surface area contributed by atoms with Crippen molar-refractivity contribution in [3.05, 3.63) is 0 Å². The zero-order valence-electron chi connectivity index (χ0n) is 15.8. The second-order valence-electron chi connectivity index (χ2n) is 8.70. The van der Waals surface area contributed by atoms with E-state index in [1.54, 1.807) is 0 Å². The first-order valence-corrected chi connectivity index (χ1v) is 9.64. The van der Waals surface area contributed by atoms with Crippen LogP contribution in [-0.4, -0.2) is 70.3 Å². The Hall–Kier alpha value is -1.10. The van der Waals surface area contributed by atoms with Gasteiger partial charge in [-0.05, 0) is 59.8 Å². The minimum absolute atomic E-state index is 0.138. The number of likely N-dealkylation sites (tertiary alicyclic amines) is 1. The first-order valence-electron chi connectivity index (χ1n) is 9.64. The number of rotatable bonds is 3. The van der Waals surface area contributed by atoms with Gasteiger partial charge in [-0.25, -0.2) is 0 Å². The van der Waals surface area contributed by atoms with Crippen molar-refractivity contribution in [1.82, 2.24) is 14.7 Å². The molecule has 3 aliphatic rings. The molecule has 0 unspecified atom stereocenters. The summed E-state index contributed by atoms with van der Waals surface area (Å²) >= 11 is 0. The van der Waals surface area contributed by atoms with Gasteiger partial charge in [0.1, 0.15) is 0 Å². The van der Waals surface area contributed by atoms with Crippen LogP contribution in [0.25, 0.3) is 0 Å². The van der Waals surface area contributed by atoms with E-state index in [1.807, 2.05) is 4.90 Å². The molecule has 0 aromatic rings. The summed E-state index contributed by atoms with van der Waals surface area (Å²) in [5, 5.41) is 0. The molecular formula is C19H33N3O2. The minimum Gasteiger partial charge on any atom is -0.339 e. The van der Waals surface area contributed by atoms with Crippen LogP contribution in [0.4, 0.5) is 0 Å². The highest BCUT2D eigenvalue weighted by Gasteiger charge is 2.41. The van der Waals surface area contributed by atoms with Crippen molar-refractivity contribution in [1.29, 1.82) is 0 Å². The zero-order valence-corrected chi connectivity index (χ0v) is 15.8. The van der Waals surface area contributed by atoms with Crippen molar-refractivity contribution in [2.75, 3.05) is 26.2 Å². The molecule has 2 amide bonds. The summed E-state index contributed by atoms with van der Waals surface area (Å²) in [5.41, 5.74) is -0.138. The molecule has 0 aromatic heterocycles. The van der Waals surface area contributed by atoms with Crippen molar-refractivity contribution >= 4 is 11.8 Å². The van der Waals surface area contributed by atoms with Crippen molar-refractivity contribution in [3.63, 3.8) is 0 Å². The standard InChI is InChI=1S/C19H33N3O2/c1-14-6-5-7-15(2)22(14)17(23)12-21-11-10-20(13-19(21,3)4)18(24)16-8-9-16/h14-16H,5-13H2,1-4H3/t14-,15+. The molecule has 2 atom stereocenters. The summed E-state index contributed by atoms with van der Waals surface area (Å²) in [4.78, 5) is 31.6. The Labute approximate surface area is 146 Å². The number of hydrogen-bond acceptors (Lipinski definition) is 3. The predicted molar refractivity (Wildman–Crippen MR) is 94.6 cm³/mol. The van der Waals surface area contributed by atoms with Crippen molar-refractivity contribution in [3.8, 4) is 0 Å². The molecule has 1 aliphatic carbocycles. The van der Waals surface area contributed by atoms with Crippen LogP contribution in [0.3, 0.4) is 0 Å². The van der Waals surface area contributed by atoms with Crippen LogP contribution in [0.1, 0.15) is 59.8 Å². The first-order chi connectivity index (χ1) is 11.3. The summed E-state index contributed by atoms with van der Waals surface area (Å²) in [5.74, 6) is 0.862. The SMILES string of the molecule is C[C@@H]1CCC[C@H](C)N1C(=O)CN1CCN(C(=O)C2CC2)CC1(C)C. The molecule has 0 spiro atoms. The molecule has 2 heterocycles. The number of hydrogen-bond donors (Lipinski definition) is 0. The fourth-order valence-electron chi connectivity index (χ4n) is 4.42. The maximum atomic E-state index is 12.9. The predicted octanol–water partition coefficient (Wildman–Crippen LogP) is 2.11. The normalized spacial score (nSPS) is 31.2. The summed E-state index contributed by atoms with van der Waals surface area (Å²) in [6.45, 7) is 11.4. The third-order valence-corrected chi connectivity index (χ3v) is 6.12. The summed E-state index contributed by atoms with van der Waals surface area (Å²) < 4.78 is 0. The van der Waals surface area contributed by atoms with Crippen LogP contribution < -0.4 is 0 Å². The molecule has 136 valence electrons. The van der Waals surface area contributed by atoms with E-state index in [0.29, 0.717) is 24.5 Å². The van der Waals surface area contributed by atoms with E-state index in [4.69, 9.17) is 0 Å². The average molecular weight is 335 g/mol. The van der Waals surface area contributed by atoms with Crippen LogP contribution in [0, 0.1) is 5.92 Å². The van der Waals surface area contributed by atoms with Crippen LogP contribution >= 0.6 is 0 Å². The van der Waals surface area contributed by atoms with Gasteiger partial charge in [0.15, 0.2) is 0 Å². The Balaban J connectivity index is 1.60. The van der Waals surface area contributed by atoms with Crippen molar-refractivity contribution in [2.45, 2.75) is 77.4 Å². The fourth-order valence-corrected chi connectivity index (χ4v) is 4.42. The number of carbonyl (C=O) groups is 2. The molecule has 24 heavy (non-hydrogen) atoms. The highest BCUT2D eigenvalue weighted by atomic mass is 16.2. The van der Waals surface area contributed by atoms with Crippen molar-refractivity contribution in [2.24, 2.45) is 5.92 Å². The van der Waals surface area contributed by atoms with Gasteiger partial charge in [0.05, 0.1) is 6.54 Å². The van der Waals surface area contributed by atoms with E-state index in [2.05, 4.69) is 37.5 Å². The summed E-state index contributed by atoms with van der Waals surface area (Å²) in [6.07, 6.45) is 5.57. The van der Waals surface area contributed by atoms with E-state index in [1.165, 1.54) is 6.42 Å². The molecule has 3 fully saturated rings. The molecule has 0 radical (unpaired) electrons. The van der Waals surface area contributed by atoms with Gasteiger partial charge in [-0.15, -0.1) is 0 Å². The molecule has 0 aromatic carbocycles. The molecule has 2 saturated heterocycles. The molecule has 0 N–H and O–H groups in total. The van der Waals surface area contributed by atoms with Gasteiger partial charge in [-0.3, -0.25) is 14.5 Å². The molecule has 5 heteroatoms. The summed E-state index contributed by atoms with van der Waals surface area (Å²) in [7, 11) is 0. The zero-order chi connectivity index (χ0) is 17.5. The van der Waals surface area contributed by atoms with E-state index in [-0.39, 0.29) is 17.4 Å². The van der Waals surface area contributed by atoms with Gasteiger partial charge < -0.3 is 9.80 Å². The Morgan fingerprint density at radius 2 is 1.62 bits per heavy atom.